The van der Waals surface area contributed by atoms with Crippen molar-refractivity contribution in [3.05, 3.63) is 0 Å². The van der Waals surface area contributed by atoms with Gasteiger partial charge in [-0.25, -0.2) is 0 Å². The number of unbranched alkanes of at least 4 members (excludes halogenated alkanes) is 2. The number of likely N-dealkylation sites (N-methyl/N-ethyl adjacent to an activating group) is 1. The number of hydrogen-bond acceptors (Lipinski definition) is 5. The maximum Gasteiger partial charge on any atom is 0.128 e. The van der Waals surface area contributed by atoms with Gasteiger partial charge in [-0.15, -0.1) is 0 Å². The van der Waals surface area contributed by atoms with Gasteiger partial charge in [-0.05, 0) is 26.3 Å². The van der Waals surface area contributed by atoms with E-state index in [0.717, 1.165) is 32.5 Å². The summed E-state index contributed by atoms with van der Waals surface area (Å²) in [4.78, 5) is 0. The third-order valence-electron chi connectivity index (χ3n) is 2.12. The van der Waals surface area contributed by atoms with Gasteiger partial charge in [0.2, 0.25) is 0 Å². The van der Waals surface area contributed by atoms with Crippen LogP contribution in [-0.4, -0.2) is 58.5 Å². The van der Waals surface area contributed by atoms with E-state index in [4.69, 9.17) is 19.3 Å². The summed E-state index contributed by atoms with van der Waals surface area (Å²) >= 11 is 0. The average Bonchev–Trinajstić information content (AvgIpc) is 2.31. The van der Waals surface area contributed by atoms with Crippen LogP contribution in [0.4, 0.5) is 0 Å². The van der Waals surface area contributed by atoms with Crippen LogP contribution in [-0.2, 0) is 14.2 Å². The van der Waals surface area contributed by atoms with Crippen LogP contribution >= 0.6 is 0 Å². The number of aliphatic hydroxyl groups is 1. The van der Waals surface area contributed by atoms with Gasteiger partial charge in [0.05, 0.1) is 19.8 Å². The minimum absolute atomic E-state index is 0.299. The third kappa shape index (κ3) is 11.9. The molecule has 0 saturated carbocycles. The lowest BCUT2D eigenvalue weighted by Crippen LogP contribution is -2.30. The smallest absolute Gasteiger partial charge is 0.128 e. The Morgan fingerprint density at radius 2 is 1.69 bits per heavy atom. The first-order valence-corrected chi connectivity index (χ1v) is 5.81. The van der Waals surface area contributed by atoms with Gasteiger partial charge in [-0.2, -0.15) is 0 Å². The molecule has 0 bridgehead atoms. The highest BCUT2D eigenvalue weighted by Gasteiger charge is 1.98. The van der Waals surface area contributed by atoms with E-state index in [1.54, 1.807) is 14.2 Å². The van der Waals surface area contributed by atoms with E-state index in [-0.39, 0.29) is 0 Å². The van der Waals surface area contributed by atoms with Crippen molar-refractivity contribution in [3.63, 3.8) is 0 Å². The molecule has 0 rings (SSSR count). The number of aliphatic hydroxyl groups excluding tert-OH is 1. The van der Waals surface area contributed by atoms with Crippen LogP contribution in [0.15, 0.2) is 0 Å². The summed E-state index contributed by atoms with van der Waals surface area (Å²) < 4.78 is 15.5. The van der Waals surface area contributed by atoms with Gasteiger partial charge in [0.15, 0.2) is 0 Å². The molecule has 98 valence electrons. The third-order valence-corrected chi connectivity index (χ3v) is 2.12. The average molecular weight is 235 g/mol. The molecule has 0 aliphatic heterocycles. The van der Waals surface area contributed by atoms with Crippen molar-refractivity contribution in [1.82, 2.24) is 5.32 Å². The highest BCUT2D eigenvalue weighted by molar-refractivity contribution is 4.44. The standard InChI is InChI=1S/C11H25NO4/c1-12-11(13)10-16-9-8-15-7-5-3-4-6-14-2/h11-13H,3-10H2,1-2H3. The van der Waals surface area contributed by atoms with Crippen molar-refractivity contribution >= 4 is 0 Å². The summed E-state index contributed by atoms with van der Waals surface area (Å²) in [5, 5.41) is 11.8. The quantitative estimate of drug-likeness (QED) is 0.378. The van der Waals surface area contributed by atoms with Gasteiger partial charge < -0.3 is 19.3 Å². The molecule has 1 unspecified atom stereocenters. The van der Waals surface area contributed by atoms with Gasteiger partial charge >= 0.3 is 0 Å². The molecule has 0 heterocycles. The first kappa shape index (κ1) is 15.8. The highest BCUT2D eigenvalue weighted by Crippen LogP contribution is 1.95. The molecule has 0 spiro atoms. The second-order valence-corrected chi connectivity index (χ2v) is 3.55. The second-order valence-electron chi connectivity index (χ2n) is 3.55. The largest absolute Gasteiger partial charge is 0.385 e. The van der Waals surface area contributed by atoms with Gasteiger partial charge in [0, 0.05) is 20.3 Å². The molecule has 5 heteroatoms. The molecule has 0 aromatic rings. The maximum atomic E-state index is 9.09. The summed E-state index contributed by atoms with van der Waals surface area (Å²) in [5.74, 6) is 0. The van der Waals surface area contributed by atoms with Crippen LogP contribution in [0.1, 0.15) is 19.3 Å². The van der Waals surface area contributed by atoms with Crippen molar-refractivity contribution in [2.45, 2.75) is 25.5 Å². The number of nitrogens with one attached hydrogen (secondary N) is 1. The van der Waals surface area contributed by atoms with Crippen LogP contribution < -0.4 is 5.32 Å². The topological polar surface area (TPSA) is 60.0 Å². The van der Waals surface area contributed by atoms with Gasteiger partial charge in [-0.1, -0.05) is 0 Å². The lowest BCUT2D eigenvalue weighted by atomic mass is 10.2. The SMILES string of the molecule is CNC(O)COCCOCCCCCOC. The molecule has 0 aromatic heterocycles. The summed E-state index contributed by atoms with van der Waals surface area (Å²) in [6, 6.07) is 0. The molecule has 0 amide bonds. The molecule has 0 aromatic carbocycles. The zero-order valence-corrected chi connectivity index (χ0v) is 10.4. The predicted molar refractivity (Wildman–Crippen MR) is 62.4 cm³/mol. The van der Waals surface area contributed by atoms with E-state index in [0.29, 0.717) is 19.8 Å². The van der Waals surface area contributed by atoms with Crippen LogP contribution in [0, 0.1) is 0 Å². The Morgan fingerprint density at radius 1 is 1.00 bits per heavy atom. The Kier molecular flexibility index (Phi) is 12.7. The second kappa shape index (κ2) is 12.9. The Hall–Kier alpha value is -0.200. The van der Waals surface area contributed by atoms with Crippen LogP contribution in [0.5, 0.6) is 0 Å². The van der Waals surface area contributed by atoms with E-state index < -0.39 is 6.23 Å². The molecule has 2 N–H and O–H groups in total. The fourth-order valence-corrected chi connectivity index (χ4v) is 1.13. The molecule has 5 nitrogen and oxygen atoms in total. The summed E-state index contributed by atoms with van der Waals surface area (Å²) in [6.45, 7) is 3.00. The molecule has 0 radical (unpaired) electrons. The van der Waals surface area contributed by atoms with E-state index >= 15 is 0 Å². The fourth-order valence-electron chi connectivity index (χ4n) is 1.13. The van der Waals surface area contributed by atoms with Gasteiger partial charge in [0.1, 0.15) is 6.23 Å². The van der Waals surface area contributed by atoms with Crippen molar-refractivity contribution in [2.24, 2.45) is 0 Å². The van der Waals surface area contributed by atoms with E-state index in [1.807, 2.05) is 0 Å². The molecule has 1 atom stereocenters. The van der Waals surface area contributed by atoms with Crippen LogP contribution in [0.3, 0.4) is 0 Å². The lowest BCUT2D eigenvalue weighted by Gasteiger charge is -2.09. The predicted octanol–water partition coefficient (Wildman–Crippen LogP) is 0.374. The Balaban J connectivity index is 2.93. The molecule has 0 fully saturated rings. The number of hydrogen-bond donors (Lipinski definition) is 2. The molecule has 16 heavy (non-hydrogen) atoms. The Bertz CT molecular complexity index is 135. The maximum absolute atomic E-state index is 9.09. The van der Waals surface area contributed by atoms with E-state index in [2.05, 4.69) is 5.32 Å². The minimum atomic E-state index is -0.589. The first-order valence-electron chi connectivity index (χ1n) is 5.81. The zero-order valence-electron chi connectivity index (χ0n) is 10.4. The van der Waals surface area contributed by atoms with E-state index in [1.165, 1.54) is 0 Å². The lowest BCUT2D eigenvalue weighted by molar-refractivity contribution is -0.00523. The summed E-state index contributed by atoms with van der Waals surface area (Å²) in [5.41, 5.74) is 0. The monoisotopic (exact) mass is 235 g/mol. The number of rotatable bonds is 12. The van der Waals surface area contributed by atoms with Crippen LogP contribution in [0.25, 0.3) is 0 Å². The van der Waals surface area contributed by atoms with Crippen molar-refractivity contribution in [1.29, 1.82) is 0 Å². The van der Waals surface area contributed by atoms with Gasteiger partial charge in [-0.3, -0.25) is 5.32 Å². The van der Waals surface area contributed by atoms with Crippen LogP contribution in [0.2, 0.25) is 0 Å². The first-order chi connectivity index (χ1) is 7.81. The van der Waals surface area contributed by atoms with E-state index in [9.17, 15) is 0 Å². The Morgan fingerprint density at radius 3 is 2.38 bits per heavy atom. The van der Waals surface area contributed by atoms with Crippen molar-refractivity contribution in [3.8, 4) is 0 Å². The Labute approximate surface area is 98.1 Å². The summed E-state index contributed by atoms with van der Waals surface area (Å²) in [7, 11) is 3.40. The molecule has 0 aliphatic carbocycles. The van der Waals surface area contributed by atoms with Crippen molar-refractivity contribution < 1.29 is 19.3 Å². The molecular weight excluding hydrogens is 210 g/mol. The normalized spacial score (nSPS) is 12.9. The van der Waals surface area contributed by atoms with Crippen molar-refractivity contribution in [2.75, 3.05) is 47.2 Å². The molecule has 0 saturated heterocycles. The summed E-state index contributed by atoms with van der Waals surface area (Å²) in [6.07, 6.45) is 2.69. The molecular formula is C11H25NO4. The minimum Gasteiger partial charge on any atom is -0.385 e. The number of ether oxygens (including phenoxy) is 3. The molecule has 0 aliphatic rings. The number of methoxy groups -OCH3 is 1. The van der Waals surface area contributed by atoms with Gasteiger partial charge in [0.25, 0.3) is 0 Å². The zero-order chi connectivity index (χ0) is 12.1. The highest BCUT2D eigenvalue weighted by atomic mass is 16.5. The fraction of sp³-hybridized carbons (Fsp3) is 1.00.